The Labute approximate surface area is 132 Å². The highest BCUT2D eigenvalue weighted by molar-refractivity contribution is 7.84. The molecule has 0 saturated carbocycles. The molecule has 0 N–H and O–H groups in total. The van der Waals surface area contributed by atoms with E-state index in [0.717, 1.165) is 0 Å². The molecule has 0 aromatic carbocycles. The molecule has 1 rings (SSSR count). The maximum Gasteiger partial charge on any atom is 0.0916 e. The lowest BCUT2D eigenvalue weighted by molar-refractivity contribution is -0.932. The second kappa shape index (κ2) is 11.4. The predicted octanol–water partition coefficient (Wildman–Crippen LogP) is 3.53. The number of hydrogen-bond donors (Lipinski definition) is 0. The molecule has 128 valence electrons. The molecule has 1 fully saturated rings. The highest BCUT2D eigenvalue weighted by atomic mass is 32.2. The third kappa shape index (κ3) is 13.3. The molecule has 0 atom stereocenters. The lowest BCUT2D eigenvalue weighted by atomic mass is 10.0. The summed E-state index contributed by atoms with van der Waals surface area (Å²) in [5.74, 6) is 0. The van der Waals surface area contributed by atoms with Crippen LogP contribution in [0.5, 0.6) is 0 Å². The standard InChI is InChI=1S/C15H32N.CH4O3S/c1-3-5-7-9-13-16(12-6-4-2)14-10-8-11-15-16;1-5(2,3)4/h3-15H2,1-2H3;1H3,(H,2,3,4)/q+1;/p-1. The fourth-order valence-corrected chi connectivity index (χ4v) is 3.11. The summed E-state index contributed by atoms with van der Waals surface area (Å²) in [6.45, 7) is 10.5. The van der Waals surface area contributed by atoms with E-state index in [9.17, 15) is 0 Å². The molecule has 5 heteroatoms. The summed E-state index contributed by atoms with van der Waals surface area (Å²) >= 11 is 0. The first-order valence-electron chi connectivity index (χ1n) is 8.59. The Hall–Kier alpha value is -0.130. The SMILES string of the molecule is CCCCCC[N+]1(CCCC)CCCCC1.CS(=O)(=O)[O-]. The summed E-state index contributed by atoms with van der Waals surface area (Å²) in [5, 5.41) is 0. The van der Waals surface area contributed by atoms with Crippen molar-refractivity contribution in [1.29, 1.82) is 0 Å². The highest BCUT2D eigenvalue weighted by Gasteiger charge is 2.28. The number of unbranched alkanes of at least 4 members (excludes halogenated alkanes) is 4. The number of rotatable bonds is 8. The number of piperidine rings is 1. The van der Waals surface area contributed by atoms with Gasteiger partial charge in [-0.25, -0.2) is 8.42 Å². The lowest BCUT2D eigenvalue weighted by Crippen LogP contribution is -2.52. The van der Waals surface area contributed by atoms with Gasteiger partial charge in [-0.1, -0.05) is 33.1 Å². The Morgan fingerprint density at radius 3 is 1.81 bits per heavy atom. The lowest BCUT2D eigenvalue weighted by Gasteiger charge is -2.42. The molecule has 4 nitrogen and oxygen atoms in total. The summed E-state index contributed by atoms with van der Waals surface area (Å²) in [6, 6.07) is 0. The van der Waals surface area contributed by atoms with E-state index in [1.807, 2.05) is 0 Å². The van der Waals surface area contributed by atoms with E-state index in [-0.39, 0.29) is 0 Å². The molecule has 0 aromatic heterocycles. The Kier molecular flexibility index (Phi) is 11.4. The molecule has 1 saturated heterocycles. The van der Waals surface area contributed by atoms with Crippen LogP contribution in [0.4, 0.5) is 0 Å². The second-order valence-electron chi connectivity index (χ2n) is 6.42. The van der Waals surface area contributed by atoms with Gasteiger partial charge in [0, 0.05) is 6.26 Å². The number of nitrogens with zero attached hydrogens (tertiary/aromatic N) is 1. The number of hydrogen-bond acceptors (Lipinski definition) is 3. The molecule has 0 spiro atoms. The quantitative estimate of drug-likeness (QED) is 0.390. The average Bonchev–Trinajstić information content (AvgIpc) is 2.41. The second-order valence-corrected chi connectivity index (χ2v) is 7.82. The van der Waals surface area contributed by atoms with Crippen molar-refractivity contribution in [2.24, 2.45) is 0 Å². The van der Waals surface area contributed by atoms with Crippen LogP contribution in [0.1, 0.15) is 71.6 Å². The van der Waals surface area contributed by atoms with Gasteiger partial charge < -0.3 is 9.04 Å². The van der Waals surface area contributed by atoms with Crippen molar-refractivity contribution < 1.29 is 17.5 Å². The van der Waals surface area contributed by atoms with E-state index >= 15 is 0 Å². The molecule has 21 heavy (non-hydrogen) atoms. The molecule has 1 aliphatic rings. The van der Waals surface area contributed by atoms with E-state index in [0.29, 0.717) is 6.26 Å². The summed E-state index contributed by atoms with van der Waals surface area (Å²) in [7, 11) is -3.92. The summed E-state index contributed by atoms with van der Waals surface area (Å²) < 4.78 is 28.7. The predicted molar refractivity (Wildman–Crippen MR) is 88.3 cm³/mol. The van der Waals surface area contributed by atoms with Gasteiger partial charge in [0.25, 0.3) is 0 Å². The monoisotopic (exact) mass is 321 g/mol. The van der Waals surface area contributed by atoms with Crippen molar-refractivity contribution in [1.82, 2.24) is 0 Å². The van der Waals surface area contributed by atoms with Crippen LogP contribution in [0.2, 0.25) is 0 Å². The van der Waals surface area contributed by atoms with E-state index < -0.39 is 10.1 Å². The minimum Gasteiger partial charge on any atom is -0.748 e. The molecule has 0 aromatic rings. The van der Waals surface area contributed by atoms with Crippen LogP contribution < -0.4 is 0 Å². The topological polar surface area (TPSA) is 57.2 Å². The van der Waals surface area contributed by atoms with E-state index in [4.69, 9.17) is 13.0 Å². The Bertz CT molecular complexity index is 327. The molecule has 0 amide bonds. The Morgan fingerprint density at radius 1 is 0.857 bits per heavy atom. The zero-order chi connectivity index (χ0) is 16.2. The fraction of sp³-hybridized carbons (Fsp3) is 1.00. The van der Waals surface area contributed by atoms with Crippen LogP contribution in [0, 0.1) is 0 Å². The van der Waals surface area contributed by atoms with Crippen molar-refractivity contribution in [2.75, 3.05) is 32.4 Å². The first-order valence-corrected chi connectivity index (χ1v) is 10.4. The van der Waals surface area contributed by atoms with Crippen molar-refractivity contribution in [3.05, 3.63) is 0 Å². The number of likely N-dealkylation sites (tertiary alicyclic amines) is 1. The smallest absolute Gasteiger partial charge is 0.0916 e. The zero-order valence-electron chi connectivity index (χ0n) is 14.3. The zero-order valence-corrected chi connectivity index (χ0v) is 15.1. The van der Waals surface area contributed by atoms with Gasteiger partial charge in [-0.2, -0.15) is 0 Å². The van der Waals surface area contributed by atoms with Gasteiger partial charge in [0.15, 0.2) is 0 Å². The minimum atomic E-state index is -3.92. The Balaban J connectivity index is 0.000000690. The molecule has 1 heterocycles. The van der Waals surface area contributed by atoms with E-state index in [1.165, 1.54) is 88.4 Å². The van der Waals surface area contributed by atoms with Crippen LogP contribution in [0.25, 0.3) is 0 Å². The van der Waals surface area contributed by atoms with E-state index in [2.05, 4.69) is 13.8 Å². The fourth-order valence-electron chi connectivity index (χ4n) is 3.11. The van der Waals surface area contributed by atoms with Crippen LogP contribution in [-0.4, -0.2) is 49.9 Å². The first-order chi connectivity index (χ1) is 9.83. The summed E-state index contributed by atoms with van der Waals surface area (Å²) in [4.78, 5) is 0. The summed E-state index contributed by atoms with van der Waals surface area (Å²) in [6.07, 6.45) is 13.6. The van der Waals surface area contributed by atoms with Gasteiger partial charge >= 0.3 is 0 Å². The molecule has 0 unspecified atom stereocenters. The van der Waals surface area contributed by atoms with Crippen LogP contribution in [0.3, 0.4) is 0 Å². The summed E-state index contributed by atoms with van der Waals surface area (Å²) in [5.41, 5.74) is 0. The molecule has 0 bridgehead atoms. The maximum atomic E-state index is 9.08. The van der Waals surface area contributed by atoms with Crippen molar-refractivity contribution in [3.63, 3.8) is 0 Å². The van der Waals surface area contributed by atoms with Crippen LogP contribution in [0.15, 0.2) is 0 Å². The van der Waals surface area contributed by atoms with Gasteiger partial charge in [-0.05, 0) is 38.5 Å². The van der Waals surface area contributed by atoms with Gasteiger partial charge in [-0.15, -0.1) is 0 Å². The van der Waals surface area contributed by atoms with Gasteiger partial charge in [0.1, 0.15) is 0 Å². The van der Waals surface area contributed by atoms with E-state index in [1.54, 1.807) is 0 Å². The molecular weight excluding hydrogens is 286 g/mol. The first kappa shape index (κ1) is 20.9. The third-order valence-corrected chi connectivity index (χ3v) is 4.24. The molecule has 0 aliphatic carbocycles. The molecule has 0 radical (unpaired) electrons. The largest absolute Gasteiger partial charge is 0.748 e. The Morgan fingerprint density at radius 2 is 1.33 bits per heavy atom. The van der Waals surface area contributed by atoms with Gasteiger partial charge in [-0.3, -0.25) is 0 Å². The molecule has 1 aliphatic heterocycles. The van der Waals surface area contributed by atoms with Gasteiger partial charge in [0.05, 0.1) is 36.3 Å². The average molecular weight is 322 g/mol. The third-order valence-electron chi connectivity index (χ3n) is 4.24. The highest BCUT2D eigenvalue weighted by Crippen LogP contribution is 2.21. The van der Waals surface area contributed by atoms with Crippen LogP contribution >= 0.6 is 0 Å². The van der Waals surface area contributed by atoms with Gasteiger partial charge in [0.2, 0.25) is 0 Å². The maximum absolute atomic E-state index is 9.08. The van der Waals surface area contributed by atoms with Crippen molar-refractivity contribution in [3.8, 4) is 0 Å². The van der Waals surface area contributed by atoms with Crippen LogP contribution in [-0.2, 0) is 10.1 Å². The van der Waals surface area contributed by atoms with Crippen molar-refractivity contribution >= 4 is 10.1 Å². The normalized spacial score (nSPS) is 17.9. The van der Waals surface area contributed by atoms with Crippen molar-refractivity contribution in [2.45, 2.75) is 71.6 Å². The molecular formula is C16H35NO3S. The number of quaternary nitrogens is 1. The minimum absolute atomic E-state index is 0.604.